The average Bonchev–Trinajstić information content (AvgIpc) is 3.10. The normalized spacial score (nSPS) is 16.1. The maximum atomic E-state index is 12.0. The molecule has 0 amide bonds. The predicted octanol–water partition coefficient (Wildman–Crippen LogP) is 4.77. The lowest BCUT2D eigenvalue weighted by Crippen LogP contribution is -2.37. The average molecular weight is 465 g/mol. The Morgan fingerprint density at radius 1 is 1.21 bits per heavy atom. The van der Waals surface area contributed by atoms with E-state index in [0.717, 1.165) is 51.3 Å². The number of benzene rings is 1. The van der Waals surface area contributed by atoms with Crippen LogP contribution in [0.5, 0.6) is 0 Å². The summed E-state index contributed by atoms with van der Waals surface area (Å²) in [4.78, 5) is 18.9. The Morgan fingerprint density at radius 2 is 1.94 bits per heavy atom. The number of ether oxygens (including phenoxy) is 1. The summed E-state index contributed by atoms with van der Waals surface area (Å²) < 4.78 is 7.38. The van der Waals surface area contributed by atoms with Crippen LogP contribution in [-0.2, 0) is 23.0 Å². The first kappa shape index (κ1) is 25.8. The molecule has 0 saturated carbocycles. The smallest absolute Gasteiger partial charge is 0.339 e. The third-order valence-corrected chi connectivity index (χ3v) is 6.87. The van der Waals surface area contributed by atoms with Gasteiger partial charge in [0.15, 0.2) is 0 Å². The summed E-state index contributed by atoms with van der Waals surface area (Å²) in [5, 5.41) is 5.08. The van der Waals surface area contributed by atoms with Gasteiger partial charge < -0.3 is 19.5 Å². The Hall–Kier alpha value is -2.86. The summed E-state index contributed by atoms with van der Waals surface area (Å²) >= 11 is 0. The zero-order chi connectivity index (χ0) is 24.5. The molecule has 6 nitrogen and oxygen atoms in total. The van der Waals surface area contributed by atoms with Crippen molar-refractivity contribution in [1.29, 1.82) is 0 Å². The van der Waals surface area contributed by atoms with Crippen LogP contribution in [0.15, 0.2) is 52.8 Å². The number of rotatable bonds is 10. The van der Waals surface area contributed by atoms with Gasteiger partial charge in [0.1, 0.15) is 5.82 Å². The number of likely N-dealkylation sites (tertiary alicyclic amines) is 1. The molecular weight excluding hydrogens is 424 g/mol. The van der Waals surface area contributed by atoms with Gasteiger partial charge in [-0.15, -0.1) is 0 Å². The van der Waals surface area contributed by atoms with E-state index in [4.69, 9.17) is 4.74 Å². The first-order valence-corrected chi connectivity index (χ1v) is 12.5. The second-order valence-electron chi connectivity index (χ2n) is 8.89. The Morgan fingerprint density at radius 3 is 2.62 bits per heavy atom. The van der Waals surface area contributed by atoms with E-state index in [1.807, 2.05) is 26.8 Å². The second kappa shape index (κ2) is 12.6. The number of hydrogen-bond acceptors (Lipinski definition) is 5. The van der Waals surface area contributed by atoms with Crippen molar-refractivity contribution in [1.82, 2.24) is 14.8 Å². The fourth-order valence-corrected chi connectivity index (χ4v) is 4.73. The first-order chi connectivity index (χ1) is 16.5. The molecule has 0 spiro atoms. The van der Waals surface area contributed by atoms with Crippen molar-refractivity contribution in [3.05, 3.63) is 59.1 Å². The number of carbonyl (C=O) groups is 1. The fraction of sp³-hybridized carbons (Fsp3) is 0.500. The van der Waals surface area contributed by atoms with Gasteiger partial charge in [0.05, 0.1) is 12.2 Å². The number of carbonyl (C=O) groups excluding carboxylic acids is 1. The van der Waals surface area contributed by atoms with Gasteiger partial charge in [-0.1, -0.05) is 24.3 Å². The molecule has 1 saturated heterocycles. The Bertz CT molecular complexity index is 1060. The Balaban J connectivity index is 1.45. The highest BCUT2D eigenvalue weighted by atomic mass is 16.5. The number of aryl methyl sites for hydroxylation is 1. The fourth-order valence-electron chi connectivity index (χ4n) is 4.73. The Kier molecular flexibility index (Phi) is 9.52. The van der Waals surface area contributed by atoms with Crippen molar-refractivity contribution < 1.29 is 9.53 Å². The van der Waals surface area contributed by atoms with Gasteiger partial charge in [-0.3, -0.25) is 0 Å². The molecule has 1 N–H and O–H groups in total. The van der Waals surface area contributed by atoms with Crippen LogP contribution in [0.1, 0.15) is 44.9 Å². The molecule has 0 radical (unpaired) electrons. The summed E-state index contributed by atoms with van der Waals surface area (Å²) in [5.74, 6) is 1.27. The molecule has 1 aromatic heterocycles. The van der Waals surface area contributed by atoms with Gasteiger partial charge >= 0.3 is 5.97 Å². The SMILES string of the molecule is C\C=C(/C=N\C(=C\C)N1CCC(CNCCc2c(C)n(C)c3ccccc23)CC1)C(=O)OCC. The van der Waals surface area contributed by atoms with Crippen molar-refractivity contribution in [2.75, 3.05) is 32.8 Å². The number of nitrogens with one attached hydrogen (secondary N) is 1. The van der Waals surface area contributed by atoms with Crippen LogP contribution in [0.3, 0.4) is 0 Å². The van der Waals surface area contributed by atoms with Crippen LogP contribution in [-0.4, -0.2) is 54.4 Å². The highest BCUT2D eigenvalue weighted by molar-refractivity contribution is 6.09. The van der Waals surface area contributed by atoms with Crippen molar-refractivity contribution in [2.24, 2.45) is 18.0 Å². The zero-order valence-electron chi connectivity index (χ0n) is 21.4. The summed E-state index contributed by atoms with van der Waals surface area (Å²) in [6, 6.07) is 8.68. The van der Waals surface area contributed by atoms with E-state index in [0.29, 0.717) is 18.1 Å². The van der Waals surface area contributed by atoms with E-state index in [1.54, 1.807) is 12.3 Å². The molecule has 1 aliphatic rings. The van der Waals surface area contributed by atoms with E-state index in [1.165, 1.54) is 22.2 Å². The molecule has 0 aliphatic carbocycles. The second-order valence-corrected chi connectivity index (χ2v) is 8.89. The van der Waals surface area contributed by atoms with E-state index in [2.05, 4.69) is 58.0 Å². The third kappa shape index (κ3) is 6.17. The molecule has 2 heterocycles. The minimum atomic E-state index is -0.326. The number of esters is 1. The molecule has 2 aromatic rings. The van der Waals surface area contributed by atoms with Gasteiger partial charge in [0.25, 0.3) is 0 Å². The lowest BCUT2D eigenvalue weighted by molar-refractivity contribution is -0.137. The first-order valence-electron chi connectivity index (χ1n) is 12.5. The number of fused-ring (bicyclic) bond motifs is 1. The molecule has 6 heteroatoms. The number of allylic oxidation sites excluding steroid dienone is 2. The van der Waals surface area contributed by atoms with Crippen LogP contribution in [0.25, 0.3) is 10.9 Å². The maximum absolute atomic E-state index is 12.0. The van der Waals surface area contributed by atoms with Crippen molar-refractivity contribution in [2.45, 2.75) is 47.0 Å². The lowest BCUT2D eigenvalue weighted by atomic mass is 9.96. The molecular formula is C28H40N4O2. The van der Waals surface area contributed by atoms with Crippen molar-refractivity contribution in [3.63, 3.8) is 0 Å². The quantitative estimate of drug-likeness (QED) is 0.238. The number of aromatic nitrogens is 1. The summed E-state index contributed by atoms with van der Waals surface area (Å²) in [6.07, 6.45) is 8.71. The highest BCUT2D eigenvalue weighted by Gasteiger charge is 2.20. The van der Waals surface area contributed by atoms with Gasteiger partial charge in [0, 0.05) is 42.9 Å². The highest BCUT2D eigenvalue weighted by Crippen LogP contribution is 2.25. The molecule has 34 heavy (non-hydrogen) atoms. The largest absolute Gasteiger partial charge is 0.462 e. The molecule has 1 fully saturated rings. The van der Waals surface area contributed by atoms with E-state index >= 15 is 0 Å². The van der Waals surface area contributed by atoms with Crippen molar-refractivity contribution in [3.8, 4) is 0 Å². The topological polar surface area (TPSA) is 58.9 Å². The molecule has 184 valence electrons. The predicted molar refractivity (Wildman–Crippen MR) is 141 cm³/mol. The molecule has 0 unspecified atom stereocenters. The number of piperidine rings is 1. The molecule has 0 bridgehead atoms. The number of nitrogens with zero attached hydrogens (tertiary/aromatic N) is 3. The van der Waals surface area contributed by atoms with Gasteiger partial charge in [0.2, 0.25) is 0 Å². The third-order valence-electron chi connectivity index (χ3n) is 6.87. The number of para-hydroxylation sites is 1. The Labute approximate surface area is 204 Å². The minimum Gasteiger partial charge on any atom is -0.462 e. The van der Waals surface area contributed by atoms with E-state index < -0.39 is 0 Å². The van der Waals surface area contributed by atoms with E-state index in [9.17, 15) is 4.79 Å². The summed E-state index contributed by atoms with van der Waals surface area (Å²) in [5.41, 5.74) is 4.62. The molecule has 3 rings (SSSR count). The monoisotopic (exact) mass is 464 g/mol. The van der Waals surface area contributed by atoms with Gasteiger partial charge in [-0.05, 0) is 83.7 Å². The van der Waals surface area contributed by atoms with Crippen LogP contribution < -0.4 is 5.32 Å². The number of hydrogen-bond donors (Lipinski definition) is 1. The van der Waals surface area contributed by atoms with Crippen LogP contribution in [0.2, 0.25) is 0 Å². The molecule has 1 aromatic carbocycles. The summed E-state index contributed by atoms with van der Waals surface area (Å²) in [6.45, 7) is 12.2. The van der Waals surface area contributed by atoms with Crippen LogP contribution in [0, 0.1) is 12.8 Å². The number of aliphatic imine (C=N–C) groups is 1. The standard InChI is InChI=1S/C28H40N4O2/c1-6-23(28(33)34-8-3)20-30-27(7-2)32-17-14-22(15-18-32)19-29-16-13-24-21(4)31(5)26-12-10-9-11-25(24)26/h6-7,9-12,20,22,29H,8,13-19H2,1-5H3/b23-6+,27-7-,30-20-. The van der Waals surface area contributed by atoms with Crippen LogP contribution in [0.4, 0.5) is 0 Å². The van der Waals surface area contributed by atoms with Crippen molar-refractivity contribution >= 4 is 23.1 Å². The lowest BCUT2D eigenvalue weighted by Gasteiger charge is -2.33. The minimum absolute atomic E-state index is 0.326. The van der Waals surface area contributed by atoms with E-state index in [-0.39, 0.29) is 5.97 Å². The van der Waals surface area contributed by atoms with Gasteiger partial charge in [-0.25, -0.2) is 9.79 Å². The molecule has 1 aliphatic heterocycles. The maximum Gasteiger partial charge on any atom is 0.339 e. The van der Waals surface area contributed by atoms with Crippen LogP contribution >= 0.6 is 0 Å². The summed E-state index contributed by atoms with van der Waals surface area (Å²) in [7, 11) is 2.15. The van der Waals surface area contributed by atoms with Gasteiger partial charge in [-0.2, -0.15) is 0 Å². The zero-order valence-corrected chi connectivity index (χ0v) is 21.4. The molecule has 0 atom stereocenters.